The Labute approximate surface area is 195 Å². The molecule has 7 heteroatoms. The van der Waals surface area contributed by atoms with Crippen molar-refractivity contribution in [3.8, 4) is 0 Å². The van der Waals surface area contributed by atoms with E-state index in [4.69, 9.17) is 4.74 Å². The SMILES string of the molecule is COC(=O)c1sc(NC(c2ccccc2)(c2ccccc2)c2ccccc2)nc1CC(=O)O. The molecule has 0 radical (unpaired) electrons. The standard InChI is InChI=1S/C26H22N2O4S/c1-32-24(31)23-21(17-22(29)30)27-25(33-23)28-26(18-11-5-2-6-12-18,19-13-7-3-8-14-19)20-15-9-4-10-16-20/h2-16H,17H2,1H3,(H,27,28)(H,29,30). The molecule has 0 fully saturated rings. The molecule has 0 unspecified atom stereocenters. The van der Waals surface area contributed by atoms with Gasteiger partial charge in [-0.1, -0.05) is 102 Å². The highest BCUT2D eigenvalue weighted by Gasteiger charge is 2.37. The van der Waals surface area contributed by atoms with Crippen LogP contribution in [0.3, 0.4) is 0 Å². The van der Waals surface area contributed by atoms with E-state index in [9.17, 15) is 14.7 Å². The van der Waals surface area contributed by atoms with E-state index in [-0.39, 0.29) is 17.0 Å². The van der Waals surface area contributed by atoms with Crippen molar-refractivity contribution >= 4 is 28.4 Å². The summed E-state index contributed by atoms with van der Waals surface area (Å²) in [7, 11) is 1.27. The first kappa shape index (κ1) is 22.2. The quantitative estimate of drug-likeness (QED) is 0.287. The minimum atomic E-state index is -1.07. The maximum Gasteiger partial charge on any atom is 0.350 e. The molecule has 0 aliphatic carbocycles. The van der Waals surface area contributed by atoms with Crippen LogP contribution in [0.5, 0.6) is 0 Å². The van der Waals surface area contributed by atoms with Crippen LogP contribution in [0.15, 0.2) is 91.0 Å². The van der Waals surface area contributed by atoms with Crippen LogP contribution in [0.1, 0.15) is 32.1 Å². The van der Waals surface area contributed by atoms with Crippen molar-refractivity contribution in [2.24, 2.45) is 0 Å². The number of esters is 1. The molecule has 1 heterocycles. The average molecular weight is 459 g/mol. The summed E-state index contributed by atoms with van der Waals surface area (Å²) in [5.41, 5.74) is 2.24. The zero-order valence-electron chi connectivity index (χ0n) is 17.9. The number of rotatable bonds is 8. The number of aliphatic carboxylic acids is 1. The second-order valence-corrected chi connectivity index (χ2v) is 8.33. The predicted octanol–water partition coefficient (Wildman–Crippen LogP) is 4.96. The van der Waals surface area contributed by atoms with Crippen LogP contribution < -0.4 is 5.32 Å². The number of carboxylic acids is 1. The van der Waals surface area contributed by atoms with E-state index >= 15 is 0 Å². The Morgan fingerprint density at radius 2 is 1.33 bits per heavy atom. The van der Waals surface area contributed by atoms with Gasteiger partial charge in [-0.25, -0.2) is 9.78 Å². The van der Waals surface area contributed by atoms with Crippen LogP contribution in [-0.2, 0) is 21.5 Å². The van der Waals surface area contributed by atoms with E-state index in [1.807, 2.05) is 91.0 Å². The molecule has 0 saturated carbocycles. The van der Waals surface area contributed by atoms with E-state index in [2.05, 4.69) is 10.3 Å². The largest absolute Gasteiger partial charge is 0.481 e. The molecule has 0 atom stereocenters. The first-order chi connectivity index (χ1) is 16.0. The summed E-state index contributed by atoms with van der Waals surface area (Å²) >= 11 is 1.08. The molecule has 0 spiro atoms. The number of methoxy groups -OCH3 is 1. The molecule has 0 aliphatic rings. The van der Waals surface area contributed by atoms with Gasteiger partial charge < -0.3 is 15.2 Å². The number of thiazole rings is 1. The number of hydrogen-bond acceptors (Lipinski definition) is 6. The molecule has 6 nitrogen and oxygen atoms in total. The minimum Gasteiger partial charge on any atom is -0.481 e. The third-order valence-corrected chi connectivity index (χ3v) is 6.29. The van der Waals surface area contributed by atoms with Crippen molar-refractivity contribution in [3.63, 3.8) is 0 Å². The van der Waals surface area contributed by atoms with Crippen molar-refractivity contribution in [1.82, 2.24) is 4.98 Å². The molecule has 1 aromatic heterocycles. The molecule has 2 N–H and O–H groups in total. The number of hydrogen-bond donors (Lipinski definition) is 2. The second kappa shape index (κ2) is 9.67. The van der Waals surface area contributed by atoms with Crippen molar-refractivity contribution in [2.75, 3.05) is 12.4 Å². The van der Waals surface area contributed by atoms with Gasteiger partial charge in [0.05, 0.1) is 19.2 Å². The van der Waals surface area contributed by atoms with E-state index in [0.717, 1.165) is 28.0 Å². The van der Waals surface area contributed by atoms with Gasteiger partial charge in [-0.15, -0.1) is 0 Å². The maximum atomic E-state index is 12.3. The fraction of sp³-hybridized carbons (Fsp3) is 0.115. The van der Waals surface area contributed by atoms with E-state index in [1.54, 1.807) is 0 Å². The maximum absolute atomic E-state index is 12.3. The van der Waals surface area contributed by atoms with Crippen LogP contribution in [0.25, 0.3) is 0 Å². The molecule has 0 amide bonds. The lowest BCUT2D eigenvalue weighted by Gasteiger charge is -2.36. The van der Waals surface area contributed by atoms with Crippen molar-refractivity contribution in [3.05, 3.63) is 118 Å². The molecule has 4 aromatic rings. The smallest absolute Gasteiger partial charge is 0.350 e. The Morgan fingerprint density at radius 1 is 0.879 bits per heavy atom. The number of nitrogens with zero attached hydrogens (tertiary/aromatic N) is 1. The van der Waals surface area contributed by atoms with E-state index < -0.39 is 17.5 Å². The predicted molar refractivity (Wildman–Crippen MR) is 128 cm³/mol. The van der Waals surface area contributed by atoms with Gasteiger partial charge >= 0.3 is 11.9 Å². The van der Waals surface area contributed by atoms with E-state index in [0.29, 0.717) is 5.13 Å². The number of aromatic nitrogens is 1. The monoisotopic (exact) mass is 458 g/mol. The number of carbonyl (C=O) groups excluding carboxylic acids is 1. The highest BCUT2D eigenvalue weighted by Crippen LogP contribution is 2.41. The number of ether oxygens (including phenoxy) is 1. The summed E-state index contributed by atoms with van der Waals surface area (Å²) < 4.78 is 4.87. The molecule has 4 rings (SSSR count). The molecular weight excluding hydrogens is 436 g/mol. The Kier molecular flexibility index (Phi) is 6.51. The number of nitrogens with one attached hydrogen (secondary N) is 1. The number of benzene rings is 3. The fourth-order valence-corrected chi connectivity index (χ4v) is 4.82. The van der Waals surface area contributed by atoms with Crippen LogP contribution >= 0.6 is 11.3 Å². The second-order valence-electron chi connectivity index (χ2n) is 7.33. The van der Waals surface area contributed by atoms with Crippen molar-refractivity contribution < 1.29 is 19.4 Å². The van der Waals surface area contributed by atoms with Crippen molar-refractivity contribution in [2.45, 2.75) is 12.0 Å². The highest BCUT2D eigenvalue weighted by molar-refractivity contribution is 7.17. The van der Waals surface area contributed by atoms with Gasteiger partial charge in [-0.3, -0.25) is 4.79 Å². The van der Waals surface area contributed by atoms with Crippen LogP contribution in [0, 0.1) is 0 Å². The number of carbonyl (C=O) groups is 2. The van der Waals surface area contributed by atoms with Gasteiger partial charge in [-0.2, -0.15) is 0 Å². The Hall–Kier alpha value is -3.97. The van der Waals surface area contributed by atoms with Gasteiger partial charge in [-0.05, 0) is 16.7 Å². The first-order valence-corrected chi connectivity index (χ1v) is 11.1. The zero-order valence-corrected chi connectivity index (χ0v) is 18.7. The van der Waals surface area contributed by atoms with Crippen molar-refractivity contribution in [1.29, 1.82) is 0 Å². The highest BCUT2D eigenvalue weighted by atomic mass is 32.1. The summed E-state index contributed by atoms with van der Waals surface area (Å²) in [5.74, 6) is -1.68. The molecular formula is C26H22N2O4S. The summed E-state index contributed by atoms with van der Waals surface area (Å²) in [6, 6.07) is 29.8. The zero-order chi connectivity index (χ0) is 23.3. The number of anilines is 1. The van der Waals surface area contributed by atoms with E-state index in [1.165, 1.54) is 7.11 Å². The van der Waals surface area contributed by atoms with Gasteiger partial charge in [0.15, 0.2) is 5.13 Å². The van der Waals surface area contributed by atoms with Crippen LogP contribution in [0.2, 0.25) is 0 Å². The first-order valence-electron chi connectivity index (χ1n) is 10.3. The third kappa shape index (κ3) is 4.49. The van der Waals surface area contributed by atoms with Gasteiger partial charge in [0.2, 0.25) is 0 Å². The van der Waals surface area contributed by atoms with Crippen LogP contribution in [-0.4, -0.2) is 29.1 Å². The summed E-state index contributed by atoms with van der Waals surface area (Å²) in [5, 5.41) is 13.3. The minimum absolute atomic E-state index is 0.171. The normalized spacial score (nSPS) is 11.1. The molecule has 0 aliphatic heterocycles. The number of carboxylic acid groups (broad SMARTS) is 1. The molecule has 3 aromatic carbocycles. The summed E-state index contributed by atoms with van der Waals surface area (Å²) in [6.45, 7) is 0. The average Bonchev–Trinajstić information content (AvgIpc) is 3.25. The van der Waals surface area contributed by atoms with Gasteiger partial charge in [0.1, 0.15) is 10.4 Å². The Bertz CT molecular complexity index is 1140. The molecule has 33 heavy (non-hydrogen) atoms. The summed E-state index contributed by atoms with van der Waals surface area (Å²) in [4.78, 5) is 28.4. The molecule has 0 saturated heterocycles. The lowest BCUT2D eigenvalue weighted by atomic mass is 9.77. The fourth-order valence-electron chi connectivity index (χ4n) is 3.86. The third-order valence-electron chi connectivity index (χ3n) is 5.30. The van der Waals surface area contributed by atoms with Gasteiger partial charge in [0, 0.05) is 0 Å². The lowest BCUT2D eigenvalue weighted by molar-refractivity contribution is -0.136. The van der Waals surface area contributed by atoms with Crippen LogP contribution in [0.4, 0.5) is 5.13 Å². The molecule has 0 bridgehead atoms. The van der Waals surface area contributed by atoms with Gasteiger partial charge in [0.25, 0.3) is 0 Å². The topological polar surface area (TPSA) is 88.5 Å². The Morgan fingerprint density at radius 3 is 1.73 bits per heavy atom. The lowest BCUT2D eigenvalue weighted by Crippen LogP contribution is -2.38. The summed E-state index contributed by atoms with van der Waals surface area (Å²) in [6.07, 6.45) is -0.377. The molecule has 166 valence electrons. The Balaban J connectivity index is 1.94.